The van der Waals surface area contributed by atoms with E-state index in [4.69, 9.17) is 0 Å². The van der Waals surface area contributed by atoms with E-state index in [0.717, 1.165) is 5.57 Å². The molecule has 0 aromatic rings. The Hall–Kier alpha value is -1.04. The van der Waals surface area contributed by atoms with Gasteiger partial charge in [0.25, 0.3) is 0 Å². The lowest BCUT2D eigenvalue weighted by molar-refractivity contribution is 1.42. The van der Waals surface area contributed by atoms with Crippen molar-refractivity contribution in [3.63, 3.8) is 0 Å². The van der Waals surface area contributed by atoms with Crippen LogP contribution in [0.5, 0.6) is 0 Å². The molecule has 0 radical (unpaired) electrons. The molecular formula is C20H46. The molecule has 0 aliphatic carbocycles. The van der Waals surface area contributed by atoms with Gasteiger partial charge < -0.3 is 0 Å². The largest absolute Gasteiger partial charge is 0.106 e. The number of rotatable bonds is 2. The van der Waals surface area contributed by atoms with Crippen LogP contribution in [0.1, 0.15) is 83.1 Å². The molecule has 0 aliphatic rings. The van der Waals surface area contributed by atoms with E-state index in [2.05, 4.69) is 26.3 Å². The highest BCUT2D eigenvalue weighted by molar-refractivity contribution is 5.33. The molecule has 0 heterocycles. The first-order valence-corrected chi connectivity index (χ1v) is 8.17. The van der Waals surface area contributed by atoms with Crippen molar-refractivity contribution in [1.29, 1.82) is 0 Å². The van der Waals surface area contributed by atoms with Gasteiger partial charge in [-0.05, 0) is 25.0 Å². The zero-order valence-corrected chi connectivity index (χ0v) is 17.0. The monoisotopic (exact) mass is 286 g/mol. The van der Waals surface area contributed by atoms with Gasteiger partial charge in [0.2, 0.25) is 0 Å². The number of allylic oxidation sites excluding steroid dienone is 4. The highest BCUT2D eigenvalue weighted by Crippen LogP contribution is 2.05. The van der Waals surface area contributed by atoms with E-state index >= 15 is 0 Å². The topological polar surface area (TPSA) is 0 Å². The molecule has 0 heteroatoms. The van der Waals surface area contributed by atoms with E-state index in [1.807, 2.05) is 89.2 Å². The molecule has 0 fully saturated rings. The van der Waals surface area contributed by atoms with E-state index in [-0.39, 0.29) is 0 Å². The third-order valence-electron chi connectivity index (χ3n) is 1.19. The fraction of sp³-hybridized carbons (Fsp3) is 0.600. The van der Waals surface area contributed by atoms with E-state index in [9.17, 15) is 0 Å². The van der Waals surface area contributed by atoms with Crippen molar-refractivity contribution < 1.29 is 0 Å². The maximum absolute atomic E-state index is 3.76. The maximum atomic E-state index is 3.76. The molecule has 0 atom stereocenters. The van der Waals surface area contributed by atoms with Crippen LogP contribution < -0.4 is 0 Å². The van der Waals surface area contributed by atoms with Gasteiger partial charge in [0.15, 0.2) is 0 Å². The third kappa shape index (κ3) is 89.2. The standard InChI is InChI=1S/C8H12.5C2H6.C2H4/c1-5-7(3)8(4)6-2;6*1-2/h5-6H,1,3H2,2,4H3;5*1-2H3;1-2H2/b8-6-;;;;;;. The van der Waals surface area contributed by atoms with Crippen LogP contribution in [0, 0.1) is 0 Å². The first-order valence-electron chi connectivity index (χ1n) is 8.17. The molecule has 0 bridgehead atoms. The quantitative estimate of drug-likeness (QED) is 0.352. The molecule has 126 valence electrons. The van der Waals surface area contributed by atoms with Crippen molar-refractivity contribution in [2.45, 2.75) is 83.1 Å². The molecule has 0 aliphatic heterocycles. The maximum Gasteiger partial charge on any atom is -0.0309 e. The van der Waals surface area contributed by atoms with Crippen LogP contribution in [-0.2, 0) is 0 Å². The summed E-state index contributed by atoms with van der Waals surface area (Å²) in [6.07, 6.45) is 3.78. The molecule has 0 saturated heterocycles. The van der Waals surface area contributed by atoms with Crippen molar-refractivity contribution >= 4 is 0 Å². The van der Waals surface area contributed by atoms with Gasteiger partial charge in [-0.25, -0.2) is 0 Å². The van der Waals surface area contributed by atoms with Crippen molar-refractivity contribution in [1.82, 2.24) is 0 Å². The summed E-state index contributed by atoms with van der Waals surface area (Å²) in [5.41, 5.74) is 2.20. The molecule has 0 N–H and O–H groups in total. The lowest BCUT2D eigenvalue weighted by atomic mass is 10.1. The van der Waals surface area contributed by atoms with E-state index in [1.54, 1.807) is 6.08 Å². The second kappa shape index (κ2) is 107. The van der Waals surface area contributed by atoms with E-state index in [0.29, 0.717) is 0 Å². The Morgan fingerprint density at radius 3 is 0.950 bits per heavy atom. The molecule has 0 aromatic heterocycles. The van der Waals surface area contributed by atoms with Crippen molar-refractivity contribution in [2.24, 2.45) is 0 Å². The highest BCUT2D eigenvalue weighted by atomic mass is 13.9. The normalized spacial score (nSPS) is 6.10. The number of hydrogen-bond donors (Lipinski definition) is 0. The lowest BCUT2D eigenvalue weighted by Gasteiger charge is -1.94. The summed E-state index contributed by atoms with van der Waals surface area (Å²) in [5, 5.41) is 0. The lowest BCUT2D eigenvalue weighted by Crippen LogP contribution is -1.73. The molecule has 0 aromatic carbocycles. The van der Waals surface area contributed by atoms with Gasteiger partial charge in [0.1, 0.15) is 0 Å². The van der Waals surface area contributed by atoms with E-state index < -0.39 is 0 Å². The first kappa shape index (κ1) is 42.8. The SMILES string of the molecule is C=C.C=CC(=C)/C(C)=C\C.CC.CC.CC.CC.CC. The average molecular weight is 287 g/mol. The van der Waals surface area contributed by atoms with Crippen molar-refractivity contribution in [2.75, 3.05) is 0 Å². The fourth-order valence-electron chi connectivity index (χ4n) is 0.346. The minimum absolute atomic E-state index is 1.01. The Labute approximate surface area is 133 Å². The summed E-state index contributed by atoms with van der Waals surface area (Å²) >= 11 is 0. The van der Waals surface area contributed by atoms with Crippen LogP contribution in [0.4, 0.5) is 0 Å². The Kier molecular flexibility index (Phi) is 228. The van der Waals surface area contributed by atoms with Gasteiger partial charge in [0, 0.05) is 0 Å². The van der Waals surface area contributed by atoms with Crippen LogP contribution in [0.3, 0.4) is 0 Å². The Morgan fingerprint density at radius 1 is 0.700 bits per heavy atom. The van der Waals surface area contributed by atoms with Crippen LogP contribution in [0.15, 0.2) is 49.6 Å². The van der Waals surface area contributed by atoms with Gasteiger partial charge in [-0.15, -0.1) is 13.2 Å². The van der Waals surface area contributed by atoms with E-state index in [1.165, 1.54) is 5.57 Å². The van der Waals surface area contributed by atoms with Gasteiger partial charge >= 0.3 is 0 Å². The summed E-state index contributed by atoms with van der Waals surface area (Å²) in [7, 11) is 0. The van der Waals surface area contributed by atoms with Gasteiger partial charge in [-0.3, -0.25) is 0 Å². The van der Waals surface area contributed by atoms with Gasteiger partial charge in [-0.1, -0.05) is 94.5 Å². The zero-order valence-electron chi connectivity index (χ0n) is 17.0. The van der Waals surface area contributed by atoms with Crippen molar-refractivity contribution in [3.05, 3.63) is 49.6 Å². The highest BCUT2D eigenvalue weighted by Gasteiger charge is 1.84. The fourth-order valence-corrected chi connectivity index (χ4v) is 0.346. The number of hydrogen-bond acceptors (Lipinski definition) is 0. The summed E-state index contributed by atoms with van der Waals surface area (Å²) in [6.45, 7) is 37.4. The first-order chi connectivity index (χ1) is 9.72. The van der Waals surface area contributed by atoms with Gasteiger partial charge in [0.05, 0.1) is 0 Å². The smallest absolute Gasteiger partial charge is 0.0309 e. The molecular weight excluding hydrogens is 240 g/mol. The van der Waals surface area contributed by atoms with Crippen LogP contribution in [-0.4, -0.2) is 0 Å². The molecule has 0 unspecified atom stereocenters. The second-order valence-corrected chi connectivity index (χ2v) is 1.70. The molecule has 20 heavy (non-hydrogen) atoms. The van der Waals surface area contributed by atoms with Crippen LogP contribution in [0.25, 0.3) is 0 Å². The zero-order chi connectivity index (χ0) is 18.6. The second-order valence-electron chi connectivity index (χ2n) is 1.70. The molecule has 0 nitrogen and oxygen atoms in total. The van der Waals surface area contributed by atoms with Crippen molar-refractivity contribution in [3.8, 4) is 0 Å². The third-order valence-corrected chi connectivity index (χ3v) is 1.19. The predicted molar refractivity (Wildman–Crippen MR) is 107 cm³/mol. The summed E-state index contributed by atoms with van der Waals surface area (Å²) in [4.78, 5) is 0. The Bertz CT molecular complexity index is 138. The molecule has 0 saturated carbocycles. The molecule has 0 amide bonds. The minimum atomic E-state index is 1.01. The molecule has 0 spiro atoms. The summed E-state index contributed by atoms with van der Waals surface area (Å²) in [6, 6.07) is 0. The molecule has 0 rings (SSSR count). The van der Waals surface area contributed by atoms with Gasteiger partial charge in [-0.2, -0.15) is 0 Å². The summed E-state index contributed by atoms with van der Waals surface area (Å²) < 4.78 is 0. The Morgan fingerprint density at radius 2 is 0.900 bits per heavy atom. The van der Waals surface area contributed by atoms with Crippen LogP contribution in [0.2, 0.25) is 0 Å². The van der Waals surface area contributed by atoms with Crippen LogP contribution >= 0.6 is 0 Å². The average Bonchev–Trinajstić information content (AvgIpc) is 2.63. The summed E-state index contributed by atoms with van der Waals surface area (Å²) in [5.74, 6) is 0. The minimum Gasteiger partial charge on any atom is -0.106 e. The Balaban J connectivity index is -0.0000000238. The predicted octanol–water partition coefficient (Wildman–Crippen LogP) is 8.63.